The largest absolute Gasteiger partial charge is 0.335 e. The maximum atomic E-state index is 12.8. The quantitative estimate of drug-likeness (QED) is 0.468. The highest BCUT2D eigenvalue weighted by atomic mass is 32.1. The molecule has 0 aliphatic heterocycles. The van der Waals surface area contributed by atoms with Gasteiger partial charge in [-0.05, 0) is 38.2 Å². The molecule has 2 aromatic heterocycles. The van der Waals surface area contributed by atoms with Gasteiger partial charge < -0.3 is 4.90 Å². The molecule has 144 valence electrons. The molecule has 5 nitrogen and oxygen atoms in total. The monoisotopic (exact) mass is 410 g/mol. The van der Waals surface area contributed by atoms with Crippen LogP contribution in [0.1, 0.15) is 23.0 Å². The summed E-state index contributed by atoms with van der Waals surface area (Å²) in [5, 5.41) is 1.99. The van der Waals surface area contributed by atoms with Crippen molar-refractivity contribution in [1.29, 1.82) is 0 Å². The number of carbonyl (C=O) groups is 1. The first-order valence-electron chi connectivity index (χ1n) is 9.15. The number of benzene rings is 2. The van der Waals surface area contributed by atoms with E-state index in [0.717, 1.165) is 25.7 Å². The Bertz CT molecular complexity index is 1050. The number of amides is 1. The molecule has 2 aromatic carbocycles. The van der Waals surface area contributed by atoms with E-state index in [4.69, 9.17) is 0 Å². The smallest absolute Gasteiger partial charge is 0.237 e. The summed E-state index contributed by atoms with van der Waals surface area (Å²) in [4.78, 5) is 25.9. The number of hydrogen-bond acceptors (Lipinski definition) is 6. The number of thiazole rings is 2. The van der Waals surface area contributed by atoms with E-state index in [1.807, 2.05) is 62.3 Å². The molecule has 1 amide bonds. The van der Waals surface area contributed by atoms with Crippen LogP contribution in [-0.2, 0) is 11.3 Å². The van der Waals surface area contributed by atoms with Gasteiger partial charge in [0.25, 0.3) is 0 Å². The molecule has 0 fully saturated rings. The molecule has 7 heteroatoms. The zero-order valence-electron chi connectivity index (χ0n) is 16.1. The fourth-order valence-electron chi connectivity index (χ4n) is 3.07. The highest BCUT2D eigenvalue weighted by molar-refractivity contribution is 7.18. The van der Waals surface area contributed by atoms with Crippen LogP contribution < -0.4 is 0 Å². The summed E-state index contributed by atoms with van der Waals surface area (Å²) in [5.74, 6) is 0.0790. The van der Waals surface area contributed by atoms with Gasteiger partial charge in [-0.25, -0.2) is 9.97 Å². The molecule has 0 N–H and O–H groups in total. The second-order valence-electron chi connectivity index (χ2n) is 6.95. The fourth-order valence-corrected chi connectivity index (χ4v) is 5.18. The van der Waals surface area contributed by atoms with E-state index >= 15 is 0 Å². The minimum absolute atomic E-state index is 0.0549. The fraction of sp³-hybridized carbons (Fsp3) is 0.286. The number of fused-ring (bicyclic) bond motifs is 2. The first-order valence-corrected chi connectivity index (χ1v) is 10.8. The lowest BCUT2D eigenvalue weighted by molar-refractivity contribution is -0.132. The van der Waals surface area contributed by atoms with Crippen molar-refractivity contribution in [2.24, 2.45) is 0 Å². The molecule has 28 heavy (non-hydrogen) atoms. The van der Waals surface area contributed by atoms with E-state index in [1.54, 1.807) is 27.6 Å². The topological polar surface area (TPSA) is 49.3 Å². The third-order valence-electron chi connectivity index (χ3n) is 4.79. The van der Waals surface area contributed by atoms with Crippen LogP contribution >= 0.6 is 22.7 Å². The van der Waals surface area contributed by atoms with Crippen LogP contribution in [0.3, 0.4) is 0 Å². The summed E-state index contributed by atoms with van der Waals surface area (Å²) < 4.78 is 2.33. The first kappa shape index (κ1) is 19.0. The van der Waals surface area contributed by atoms with Crippen molar-refractivity contribution in [2.45, 2.75) is 19.5 Å². The van der Waals surface area contributed by atoms with Crippen molar-refractivity contribution in [3.05, 3.63) is 58.5 Å². The highest BCUT2D eigenvalue weighted by Crippen LogP contribution is 2.29. The number of aromatic nitrogens is 2. The van der Waals surface area contributed by atoms with Gasteiger partial charge >= 0.3 is 0 Å². The van der Waals surface area contributed by atoms with Crippen molar-refractivity contribution < 1.29 is 4.79 Å². The van der Waals surface area contributed by atoms with Crippen molar-refractivity contribution in [3.63, 3.8) is 0 Å². The zero-order chi connectivity index (χ0) is 19.7. The van der Waals surface area contributed by atoms with Crippen LogP contribution in [0, 0.1) is 0 Å². The molecule has 0 bridgehead atoms. The molecular formula is C21H22N4OS2. The standard InChI is InChI=1S/C21H22N4OS2/c1-14(21-23-16-9-5-7-11-18(16)28-21)25(3)20(26)13-24(2)12-19-22-15-8-4-6-10-17(15)27-19/h4-11,14H,12-13H2,1-3H3/t14-/m1/s1. The maximum absolute atomic E-state index is 12.8. The van der Waals surface area contributed by atoms with Crippen LogP contribution in [0.5, 0.6) is 0 Å². The third kappa shape index (κ3) is 3.92. The van der Waals surface area contributed by atoms with Gasteiger partial charge in [-0.3, -0.25) is 9.69 Å². The van der Waals surface area contributed by atoms with Gasteiger partial charge in [-0.1, -0.05) is 24.3 Å². The summed E-state index contributed by atoms with van der Waals surface area (Å²) >= 11 is 3.33. The molecule has 4 rings (SSSR count). The summed E-state index contributed by atoms with van der Waals surface area (Å²) in [7, 11) is 3.81. The lowest BCUT2D eigenvalue weighted by Crippen LogP contribution is -2.37. The van der Waals surface area contributed by atoms with E-state index in [9.17, 15) is 4.79 Å². The second-order valence-corrected chi connectivity index (χ2v) is 9.13. The van der Waals surface area contributed by atoms with E-state index in [2.05, 4.69) is 22.1 Å². The molecule has 0 radical (unpaired) electrons. The Labute approximate surface area is 172 Å². The lowest BCUT2D eigenvalue weighted by atomic mass is 10.3. The average molecular weight is 411 g/mol. The molecule has 2 heterocycles. The van der Waals surface area contributed by atoms with E-state index < -0.39 is 0 Å². The van der Waals surface area contributed by atoms with Gasteiger partial charge in [0.2, 0.25) is 5.91 Å². The van der Waals surface area contributed by atoms with Crippen LogP contribution in [-0.4, -0.2) is 46.3 Å². The molecule has 0 aliphatic rings. The Hall–Kier alpha value is -2.35. The molecular weight excluding hydrogens is 388 g/mol. The Balaban J connectivity index is 1.40. The van der Waals surface area contributed by atoms with Crippen LogP contribution in [0.15, 0.2) is 48.5 Å². The number of para-hydroxylation sites is 2. The normalized spacial score (nSPS) is 12.7. The number of rotatable bonds is 6. The minimum atomic E-state index is -0.0549. The van der Waals surface area contributed by atoms with Gasteiger partial charge in [0, 0.05) is 7.05 Å². The Kier molecular flexibility index (Phi) is 5.39. The van der Waals surface area contributed by atoms with Crippen LogP contribution in [0.4, 0.5) is 0 Å². The van der Waals surface area contributed by atoms with E-state index in [-0.39, 0.29) is 11.9 Å². The molecule has 4 aromatic rings. The van der Waals surface area contributed by atoms with Gasteiger partial charge in [-0.15, -0.1) is 22.7 Å². The Morgan fingerprint density at radius 1 is 0.964 bits per heavy atom. The van der Waals surface area contributed by atoms with Crippen LogP contribution in [0.25, 0.3) is 20.4 Å². The maximum Gasteiger partial charge on any atom is 0.237 e. The van der Waals surface area contributed by atoms with Crippen LogP contribution in [0.2, 0.25) is 0 Å². The van der Waals surface area contributed by atoms with Crippen molar-refractivity contribution in [1.82, 2.24) is 19.8 Å². The Morgan fingerprint density at radius 2 is 1.57 bits per heavy atom. The lowest BCUT2D eigenvalue weighted by Gasteiger charge is -2.25. The highest BCUT2D eigenvalue weighted by Gasteiger charge is 2.22. The average Bonchev–Trinajstić information content (AvgIpc) is 3.29. The van der Waals surface area contributed by atoms with Crippen molar-refractivity contribution >= 4 is 49.0 Å². The summed E-state index contributed by atoms with van der Waals surface area (Å²) in [6.45, 7) is 3.04. The predicted octanol–water partition coefficient (Wildman–Crippen LogP) is 4.56. The van der Waals surface area contributed by atoms with E-state index in [1.165, 1.54) is 4.70 Å². The molecule has 0 saturated heterocycles. The SMILES string of the molecule is C[C@H](c1nc2ccccc2s1)N(C)C(=O)CN(C)Cc1nc2ccccc2s1. The minimum Gasteiger partial charge on any atom is -0.335 e. The second kappa shape index (κ2) is 7.95. The van der Waals surface area contributed by atoms with Gasteiger partial charge in [0.1, 0.15) is 10.0 Å². The summed E-state index contributed by atoms with van der Waals surface area (Å²) in [6, 6.07) is 16.1. The van der Waals surface area contributed by atoms with Gasteiger partial charge in [0.05, 0.1) is 39.6 Å². The summed E-state index contributed by atoms with van der Waals surface area (Å²) in [5.41, 5.74) is 2.01. The zero-order valence-corrected chi connectivity index (χ0v) is 17.8. The molecule has 0 aliphatic carbocycles. The molecule has 0 spiro atoms. The third-order valence-corrected chi connectivity index (χ3v) is 7.02. The van der Waals surface area contributed by atoms with Gasteiger partial charge in [-0.2, -0.15) is 0 Å². The Morgan fingerprint density at radius 3 is 2.21 bits per heavy atom. The first-order chi connectivity index (χ1) is 13.5. The van der Waals surface area contributed by atoms with Gasteiger partial charge in [0.15, 0.2) is 0 Å². The number of nitrogens with zero attached hydrogens (tertiary/aromatic N) is 4. The number of likely N-dealkylation sites (N-methyl/N-ethyl adjacent to an activating group) is 2. The predicted molar refractivity (Wildman–Crippen MR) is 117 cm³/mol. The van der Waals surface area contributed by atoms with Crippen molar-refractivity contribution in [3.8, 4) is 0 Å². The number of carbonyl (C=O) groups excluding carboxylic acids is 1. The van der Waals surface area contributed by atoms with E-state index in [0.29, 0.717) is 13.1 Å². The molecule has 0 unspecified atom stereocenters. The molecule has 1 atom stereocenters. The molecule has 0 saturated carbocycles. The van der Waals surface area contributed by atoms with Crippen molar-refractivity contribution in [2.75, 3.05) is 20.6 Å². The number of hydrogen-bond donors (Lipinski definition) is 0. The summed E-state index contributed by atoms with van der Waals surface area (Å²) in [6.07, 6.45) is 0.